The van der Waals surface area contributed by atoms with E-state index < -0.39 is 36.3 Å². The van der Waals surface area contributed by atoms with Crippen LogP contribution < -0.4 is 16.3 Å². The lowest BCUT2D eigenvalue weighted by atomic mass is 10.1. The highest BCUT2D eigenvalue weighted by Gasteiger charge is 2.42. The number of rotatable bonds is 6. The fourth-order valence-electron chi connectivity index (χ4n) is 2.54. The first-order valence-electron chi connectivity index (χ1n) is 8.54. The number of nitrogens with zero attached hydrogens (tertiary/aromatic N) is 2. The number of hydrogen-bond acceptors (Lipinski definition) is 8. The van der Waals surface area contributed by atoms with E-state index in [2.05, 4.69) is 21.5 Å². The second-order valence-corrected chi connectivity index (χ2v) is 6.15. The highest BCUT2D eigenvalue weighted by molar-refractivity contribution is 5.84. The van der Waals surface area contributed by atoms with Crippen molar-refractivity contribution in [2.45, 2.75) is 44.8 Å². The van der Waals surface area contributed by atoms with Crippen LogP contribution in [0.5, 0.6) is 0 Å². The zero-order valence-corrected chi connectivity index (χ0v) is 15.4. The van der Waals surface area contributed by atoms with Crippen molar-refractivity contribution >= 4 is 17.8 Å². The Balaban J connectivity index is 2.05. The summed E-state index contributed by atoms with van der Waals surface area (Å²) < 4.78 is 11.3. The van der Waals surface area contributed by atoms with Crippen LogP contribution in [-0.2, 0) is 14.3 Å². The Morgan fingerprint density at radius 3 is 2.71 bits per heavy atom. The Bertz CT molecular complexity index is 832. The van der Waals surface area contributed by atoms with E-state index in [0.717, 1.165) is 4.57 Å². The number of aliphatic hydroxyl groups is 2. The fourth-order valence-corrected chi connectivity index (χ4v) is 2.54. The van der Waals surface area contributed by atoms with Crippen LogP contribution in [0.4, 0.5) is 10.6 Å². The lowest BCUT2D eigenvalue weighted by Crippen LogP contribution is -2.36. The second kappa shape index (κ2) is 9.32. The predicted octanol–water partition coefficient (Wildman–Crippen LogP) is -1.06. The van der Waals surface area contributed by atoms with E-state index >= 15 is 0 Å². The van der Waals surface area contributed by atoms with Crippen LogP contribution in [0.15, 0.2) is 11.0 Å². The van der Waals surface area contributed by atoms with E-state index in [9.17, 15) is 24.6 Å². The molecule has 0 radical (unpaired) electrons. The molecular formula is C17H22N4O7. The molecule has 0 aliphatic carbocycles. The van der Waals surface area contributed by atoms with Gasteiger partial charge in [0.1, 0.15) is 12.2 Å². The Labute approximate surface area is 160 Å². The first-order valence-corrected chi connectivity index (χ1v) is 8.54. The number of nitrogens with one attached hydrogen (secondary N) is 2. The predicted molar refractivity (Wildman–Crippen MR) is 96.3 cm³/mol. The van der Waals surface area contributed by atoms with E-state index in [4.69, 9.17) is 15.9 Å². The molecule has 11 nitrogen and oxygen atoms in total. The molecule has 1 aliphatic rings. The van der Waals surface area contributed by atoms with E-state index in [1.807, 2.05) is 0 Å². The number of ether oxygens (including phenoxy) is 2. The average molecular weight is 394 g/mol. The van der Waals surface area contributed by atoms with Crippen molar-refractivity contribution in [1.29, 1.82) is 0 Å². The topological polar surface area (TPSA) is 152 Å². The molecule has 0 unspecified atom stereocenters. The molecule has 0 bridgehead atoms. The van der Waals surface area contributed by atoms with Crippen LogP contribution in [-0.4, -0.2) is 63.2 Å². The van der Waals surface area contributed by atoms with Gasteiger partial charge in [-0.2, -0.15) is 4.98 Å². The minimum atomic E-state index is -1.34. The van der Waals surface area contributed by atoms with Crippen LogP contribution in [0.2, 0.25) is 0 Å². The summed E-state index contributed by atoms with van der Waals surface area (Å²) in [4.78, 5) is 38.5. The van der Waals surface area contributed by atoms with Crippen LogP contribution >= 0.6 is 0 Å². The van der Waals surface area contributed by atoms with Crippen LogP contribution in [0, 0.1) is 12.3 Å². The minimum Gasteiger partial charge on any atom is -0.449 e. The number of carbonyl (C=O) groups is 2. The molecule has 11 heteroatoms. The first-order chi connectivity index (χ1) is 13.2. The van der Waals surface area contributed by atoms with Gasteiger partial charge in [0.25, 0.3) is 0 Å². The zero-order valence-electron chi connectivity index (χ0n) is 15.4. The average Bonchev–Trinajstić information content (AvgIpc) is 2.88. The van der Waals surface area contributed by atoms with Crippen LogP contribution in [0.3, 0.4) is 0 Å². The lowest BCUT2D eigenvalue weighted by molar-refractivity contribution is -0.118. The summed E-state index contributed by atoms with van der Waals surface area (Å²) in [6.45, 7) is 3.30. The van der Waals surface area contributed by atoms with E-state index in [1.54, 1.807) is 6.92 Å². The molecule has 4 N–H and O–H groups in total. The summed E-state index contributed by atoms with van der Waals surface area (Å²) >= 11 is 0. The molecule has 1 saturated heterocycles. The second-order valence-electron chi connectivity index (χ2n) is 6.15. The monoisotopic (exact) mass is 394 g/mol. The fraction of sp³-hybridized carbons (Fsp3) is 0.529. The van der Waals surface area contributed by atoms with Gasteiger partial charge < -0.3 is 25.0 Å². The summed E-state index contributed by atoms with van der Waals surface area (Å²) in [5, 5.41) is 24.7. The van der Waals surface area contributed by atoms with Crippen molar-refractivity contribution in [2.75, 3.05) is 18.5 Å². The Morgan fingerprint density at radius 1 is 1.43 bits per heavy atom. The molecule has 0 aromatic carbocycles. The SMILES string of the molecule is C#Cc1cn([C@@H]2O[C@H](C)[C@@H](O)[C@H]2O)c(=O)nc1NC(=O)OCCCNC(C)=O. The van der Waals surface area contributed by atoms with Crippen molar-refractivity contribution in [3.8, 4) is 12.3 Å². The van der Waals surface area contributed by atoms with Crippen molar-refractivity contribution in [2.24, 2.45) is 0 Å². The molecular weight excluding hydrogens is 372 g/mol. The highest BCUT2D eigenvalue weighted by atomic mass is 16.6. The molecule has 28 heavy (non-hydrogen) atoms. The molecule has 1 fully saturated rings. The maximum Gasteiger partial charge on any atom is 0.412 e. The van der Waals surface area contributed by atoms with Gasteiger partial charge in [-0.25, -0.2) is 9.59 Å². The van der Waals surface area contributed by atoms with Crippen molar-refractivity contribution in [3.05, 3.63) is 22.2 Å². The van der Waals surface area contributed by atoms with Gasteiger partial charge in [-0.05, 0) is 13.3 Å². The van der Waals surface area contributed by atoms with Gasteiger partial charge in [-0.3, -0.25) is 14.7 Å². The summed E-state index contributed by atoms with van der Waals surface area (Å²) in [6.07, 6.45) is 1.78. The quantitative estimate of drug-likeness (QED) is 0.352. The van der Waals surface area contributed by atoms with E-state index in [0.29, 0.717) is 13.0 Å². The molecule has 2 heterocycles. The lowest BCUT2D eigenvalue weighted by Gasteiger charge is -2.18. The smallest absolute Gasteiger partial charge is 0.412 e. The molecule has 4 atom stereocenters. The van der Waals surface area contributed by atoms with E-state index in [-0.39, 0.29) is 23.9 Å². The molecule has 2 rings (SSSR count). The van der Waals surface area contributed by atoms with Gasteiger partial charge in [0.05, 0.1) is 18.3 Å². The molecule has 0 saturated carbocycles. The molecule has 0 spiro atoms. The van der Waals surface area contributed by atoms with Gasteiger partial charge in [-0.1, -0.05) is 5.92 Å². The van der Waals surface area contributed by atoms with Gasteiger partial charge in [-0.15, -0.1) is 6.42 Å². The third-order valence-electron chi connectivity index (χ3n) is 4.01. The summed E-state index contributed by atoms with van der Waals surface area (Å²) in [5.41, 5.74) is -0.787. The minimum absolute atomic E-state index is 0.0342. The van der Waals surface area contributed by atoms with Crippen molar-refractivity contribution < 1.29 is 29.3 Å². The molecule has 1 aliphatic heterocycles. The number of aliphatic hydroxyl groups excluding tert-OH is 2. The Hall–Kier alpha value is -2.94. The Kier molecular flexibility index (Phi) is 7.11. The summed E-state index contributed by atoms with van der Waals surface area (Å²) in [7, 11) is 0. The van der Waals surface area contributed by atoms with Crippen molar-refractivity contribution in [1.82, 2.24) is 14.9 Å². The highest BCUT2D eigenvalue weighted by Crippen LogP contribution is 2.28. The maximum atomic E-state index is 12.3. The standard InChI is InChI=1S/C17H22N4O7/c1-4-11-8-21(15-13(24)12(23)9(2)28-15)16(25)19-14(11)20-17(26)27-7-5-6-18-10(3)22/h1,8-9,12-13,15,23-24H,5-7H2,2-3H3,(H,18,22)(H,19,20,25,26)/t9-,12-,13-,15-/m1/s1. The molecule has 152 valence electrons. The summed E-state index contributed by atoms with van der Waals surface area (Å²) in [5.74, 6) is 1.91. The number of aromatic nitrogens is 2. The van der Waals surface area contributed by atoms with Gasteiger partial charge in [0.15, 0.2) is 12.0 Å². The number of anilines is 1. The van der Waals surface area contributed by atoms with Crippen molar-refractivity contribution in [3.63, 3.8) is 0 Å². The van der Waals surface area contributed by atoms with Crippen LogP contribution in [0.25, 0.3) is 0 Å². The number of carbonyl (C=O) groups excluding carboxylic acids is 2. The largest absolute Gasteiger partial charge is 0.449 e. The number of hydrogen-bond donors (Lipinski definition) is 4. The maximum absolute atomic E-state index is 12.3. The molecule has 1 aromatic heterocycles. The van der Waals surface area contributed by atoms with Gasteiger partial charge >= 0.3 is 11.8 Å². The number of terminal acetylenes is 1. The summed E-state index contributed by atoms with van der Waals surface area (Å²) in [6, 6.07) is 0. The normalized spacial score (nSPS) is 23.7. The number of amides is 2. The molecule has 1 aromatic rings. The van der Waals surface area contributed by atoms with Crippen LogP contribution in [0.1, 0.15) is 32.1 Å². The molecule has 2 amide bonds. The first kappa shape index (κ1) is 21.4. The van der Waals surface area contributed by atoms with Gasteiger partial charge in [0, 0.05) is 19.7 Å². The zero-order chi connectivity index (χ0) is 20.8. The third-order valence-corrected chi connectivity index (χ3v) is 4.01. The van der Waals surface area contributed by atoms with Gasteiger partial charge in [0.2, 0.25) is 5.91 Å². The van der Waals surface area contributed by atoms with E-state index in [1.165, 1.54) is 13.1 Å². The Morgan fingerprint density at radius 2 is 2.14 bits per heavy atom. The third kappa shape index (κ3) is 5.07.